The Bertz CT molecular complexity index is 1190. The molecule has 33 heavy (non-hydrogen) atoms. The summed E-state index contributed by atoms with van der Waals surface area (Å²) >= 11 is 4.79. The molecule has 0 saturated carbocycles. The summed E-state index contributed by atoms with van der Waals surface area (Å²) in [6.07, 6.45) is 3.06. The number of ether oxygens (including phenoxy) is 3. The third-order valence-corrected chi connectivity index (χ3v) is 6.36. The molecular weight excluding hydrogens is 506 g/mol. The number of rotatable bonds is 8. The van der Waals surface area contributed by atoms with Crippen molar-refractivity contribution in [1.29, 1.82) is 0 Å². The van der Waals surface area contributed by atoms with Crippen LogP contribution in [0.25, 0.3) is 17.2 Å². The van der Waals surface area contributed by atoms with Gasteiger partial charge in [0, 0.05) is 16.5 Å². The number of amides is 1. The van der Waals surface area contributed by atoms with Crippen molar-refractivity contribution in [1.82, 2.24) is 0 Å². The second-order valence-electron chi connectivity index (χ2n) is 6.88. The number of thiophene rings is 1. The van der Waals surface area contributed by atoms with Crippen LogP contribution in [-0.4, -0.2) is 32.7 Å². The molecule has 1 amide bonds. The highest BCUT2D eigenvalue weighted by molar-refractivity contribution is 9.10. The first kappa shape index (κ1) is 24.5. The topological polar surface area (TPSA) is 73.9 Å². The standard InChI is InChI=1S/C25H24BrNO5S/c1-5-32-25(29)22-21(17-9-7-6-8-10-17)15(2)33-24(22)27-20(28)12-11-16-13-18(26)23(31-4)19(14-16)30-3/h6-14H,5H2,1-4H3,(H,27,28)/b12-11+. The average molecular weight is 530 g/mol. The number of esters is 1. The molecule has 6 nitrogen and oxygen atoms in total. The minimum Gasteiger partial charge on any atom is -0.493 e. The van der Waals surface area contributed by atoms with Gasteiger partial charge in [-0.15, -0.1) is 11.3 Å². The van der Waals surface area contributed by atoms with Gasteiger partial charge in [-0.1, -0.05) is 30.3 Å². The lowest BCUT2D eigenvalue weighted by molar-refractivity contribution is -0.111. The van der Waals surface area contributed by atoms with Gasteiger partial charge < -0.3 is 19.5 Å². The van der Waals surface area contributed by atoms with Crippen molar-refractivity contribution in [3.8, 4) is 22.6 Å². The molecule has 0 aliphatic rings. The third kappa shape index (κ3) is 5.64. The Hall–Kier alpha value is -3.10. The maximum Gasteiger partial charge on any atom is 0.341 e. The molecule has 1 N–H and O–H groups in total. The molecule has 0 fully saturated rings. The second-order valence-corrected chi connectivity index (χ2v) is 8.96. The zero-order chi connectivity index (χ0) is 24.0. The van der Waals surface area contributed by atoms with Gasteiger partial charge in [-0.05, 0) is 59.1 Å². The van der Waals surface area contributed by atoms with Gasteiger partial charge in [0.25, 0.3) is 0 Å². The largest absolute Gasteiger partial charge is 0.493 e. The van der Waals surface area contributed by atoms with E-state index < -0.39 is 5.97 Å². The number of nitrogens with one attached hydrogen (secondary N) is 1. The Labute approximate surface area is 205 Å². The minimum absolute atomic E-state index is 0.240. The van der Waals surface area contributed by atoms with Gasteiger partial charge in [0.2, 0.25) is 5.91 Å². The van der Waals surface area contributed by atoms with Crippen LogP contribution in [0.1, 0.15) is 27.7 Å². The summed E-state index contributed by atoms with van der Waals surface area (Å²) in [6, 6.07) is 13.2. The zero-order valence-electron chi connectivity index (χ0n) is 18.7. The monoisotopic (exact) mass is 529 g/mol. The predicted octanol–water partition coefficient (Wildman–Crippen LogP) is 6.33. The first-order valence-corrected chi connectivity index (χ1v) is 11.8. The molecule has 1 heterocycles. The quantitative estimate of drug-likeness (QED) is 0.272. The van der Waals surface area contributed by atoms with Gasteiger partial charge >= 0.3 is 5.97 Å². The van der Waals surface area contributed by atoms with E-state index in [0.717, 1.165) is 21.6 Å². The Balaban J connectivity index is 1.91. The molecule has 2 aromatic carbocycles. The fourth-order valence-corrected chi connectivity index (χ4v) is 5.03. The van der Waals surface area contributed by atoms with Crippen LogP contribution in [0.5, 0.6) is 11.5 Å². The molecule has 0 unspecified atom stereocenters. The van der Waals surface area contributed by atoms with Gasteiger partial charge in [-0.2, -0.15) is 0 Å². The van der Waals surface area contributed by atoms with Crippen molar-refractivity contribution in [2.45, 2.75) is 13.8 Å². The highest BCUT2D eigenvalue weighted by atomic mass is 79.9. The van der Waals surface area contributed by atoms with Crippen LogP contribution < -0.4 is 14.8 Å². The molecule has 3 rings (SSSR count). The van der Waals surface area contributed by atoms with Crippen LogP contribution >= 0.6 is 27.3 Å². The van der Waals surface area contributed by atoms with E-state index in [1.807, 2.05) is 43.3 Å². The van der Waals surface area contributed by atoms with Crippen LogP contribution in [0.15, 0.2) is 53.0 Å². The van der Waals surface area contributed by atoms with Crippen molar-refractivity contribution in [3.63, 3.8) is 0 Å². The smallest absolute Gasteiger partial charge is 0.341 e. The third-order valence-electron chi connectivity index (χ3n) is 4.75. The van der Waals surface area contributed by atoms with Crippen LogP contribution in [0.4, 0.5) is 5.00 Å². The summed E-state index contributed by atoms with van der Waals surface area (Å²) in [5, 5.41) is 3.29. The number of benzene rings is 2. The van der Waals surface area contributed by atoms with Crippen molar-refractivity contribution in [2.75, 3.05) is 26.1 Å². The first-order chi connectivity index (χ1) is 15.9. The van der Waals surface area contributed by atoms with E-state index in [9.17, 15) is 9.59 Å². The van der Waals surface area contributed by atoms with E-state index in [0.29, 0.717) is 26.5 Å². The molecule has 0 spiro atoms. The first-order valence-electron chi connectivity index (χ1n) is 10.2. The molecule has 1 aromatic heterocycles. The fraction of sp³-hybridized carbons (Fsp3) is 0.200. The number of hydrogen-bond acceptors (Lipinski definition) is 6. The fourth-order valence-electron chi connectivity index (χ4n) is 3.34. The number of carbonyl (C=O) groups excluding carboxylic acids is 2. The van der Waals surface area contributed by atoms with Crippen molar-refractivity contribution in [2.24, 2.45) is 0 Å². The van der Waals surface area contributed by atoms with Crippen LogP contribution in [-0.2, 0) is 9.53 Å². The molecule has 0 radical (unpaired) electrons. The Morgan fingerprint density at radius 1 is 1.12 bits per heavy atom. The van der Waals surface area contributed by atoms with Gasteiger partial charge in [0.05, 0.1) is 25.3 Å². The summed E-state index contributed by atoms with van der Waals surface area (Å²) in [5.74, 6) is 0.273. The molecular formula is C25H24BrNO5S. The van der Waals surface area contributed by atoms with Crippen molar-refractivity contribution >= 4 is 50.2 Å². The maximum atomic E-state index is 12.8. The number of halogens is 1. The summed E-state index contributed by atoms with van der Waals surface area (Å²) in [7, 11) is 3.10. The SMILES string of the molecule is CCOC(=O)c1c(NC(=O)/C=C/c2cc(Br)c(OC)c(OC)c2)sc(C)c1-c1ccccc1. The Kier molecular flexibility index (Phi) is 8.30. The zero-order valence-corrected chi connectivity index (χ0v) is 21.1. The van der Waals surface area contributed by atoms with Crippen LogP contribution in [0, 0.1) is 6.92 Å². The van der Waals surface area contributed by atoms with Crippen molar-refractivity contribution in [3.05, 3.63) is 69.0 Å². The van der Waals surface area contributed by atoms with E-state index in [-0.39, 0.29) is 12.5 Å². The van der Waals surface area contributed by atoms with Crippen LogP contribution in [0.2, 0.25) is 0 Å². The lowest BCUT2D eigenvalue weighted by Crippen LogP contribution is -2.12. The number of carbonyl (C=O) groups is 2. The summed E-state index contributed by atoms with van der Waals surface area (Å²) < 4.78 is 16.6. The second kappa shape index (κ2) is 11.2. The number of aryl methyl sites for hydroxylation is 1. The van der Waals surface area contributed by atoms with E-state index in [2.05, 4.69) is 21.2 Å². The Morgan fingerprint density at radius 2 is 1.85 bits per heavy atom. The number of methoxy groups -OCH3 is 2. The van der Waals surface area contributed by atoms with E-state index in [1.165, 1.54) is 17.4 Å². The lowest BCUT2D eigenvalue weighted by atomic mass is 10.0. The van der Waals surface area contributed by atoms with Crippen molar-refractivity contribution < 1.29 is 23.8 Å². The van der Waals surface area contributed by atoms with Gasteiger partial charge in [-0.25, -0.2) is 4.79 Å². The van der Waals surface area contributed by atoms with E-state index in [4.69, 9.17) is 14.2 Å². The highest BCUT2D eigenvalue weighted by Gasteiger charge is 2.25. The molecule has 0 saturated heterocycles. The number of hydrogen-bond donors (Lipinski definition) is 1. The number of anilines is 1. The molecule has 3 aromatic rings. The summed E-state index contributed by atoms with van der Waals surface area (Å²) in [5.41, 5.74) is 2.76. The average Bonchev–Trinajstić information content (AvgIpc) is 3.13. The van der Waals surface area contributed by atoms with E-state index >= 15 is 0 Å². The highest BCUT2D eigenvalue weighted by Crippen LogP contribution is 2.40. The van der Waals surface area contributed by atoms with Gasteiger partial charge in [0.1, 0.15) is 10.6 Å². The van der Waals surface area contributed by atoms with Gasteiger partial charge in [-0.3, -0.25) is 4.79 Å². The van der Waals surface area contributed by atoms with E-state index in [1.54, 1.807) is 33.3 Å². The lowest BCUT2D eigenvalue weighted by Gasteiger charge is -2.10. The predicted molar refractivity (Wildman–Crippen MR) is 135 cm³/mol. The van der Waals surface area contributed by atoms with Gasteiger partial charge in [0.15, 0.2) is 11.5 Å². The summed E-state index contributed by atoms with van der Waals surface area (Å²) in [6.45, 7) is 3.91. The van der Waals surface area contributed by atoms with Crippen LogP contribution in [0.3, 0.4) is 0 Å². The minimum atomic E-state index is -0.469. The maximum absolute atomic E-state index is 12.8. The molecule has 0 aliphatic heterocycles. The Morgan fingerprint density at radius 3 is 2.48 bits per heavy atom. The molecule has 8 heteroatoms. The molecule has 0 atom stereocenters. The normalized spacial score (nSPS) is 10.8. The molecule has 172 valence electrons. The molecule has 0 aliphatic carbocycles. The summed E-state index contributed by atoms with van der Waals surface area (Å²) in [4.78, 5) is 26.4. The molecule has 0 bridgehead atoms.